The Balaban J connectivity index is 1.67. The monoisotopic (exact) mass is 599 g/mol. The number of carboxylic acids is 1. The fourth-order valence-electron chi connectivity index (χ4n) is 4.80. The quantitative estimate of drug-likeness (QED) is 0.321. The summed E-state index contributed by atoms with van der Waals surface area (Å²) in [5, 5.41) is 19.1. The lowest BCUT2D eigenvalue weighted by atomic mass is 9.99. The van der Waals surface area contributed by atoms with Gasteiger partial charge in [0.25, 0.3) is 15.9 Å². The smallest absolute Gasteiger partial charge is 0.335 e. The van der Waals surface area contributed by atoms with Crippen molar-refractivity contribution in [1.82, 2.24) is 9.80 Å². The molecule has 0 bridgehead atoms. The van der Waals surface area contributed by atoms with E-state index >= 15 is 0 Å². The van der Waals surface area contributed by atoms with E-state index in [1.54, 1.807) is 30.0 Å². The van der Waals surface area contributed by atoms with E-state index in [0.29, 0.717) is 13.1 Å². The van der Waals surface area contributed by atoms with Crippen LogP contribution < -0.4 is 9.46 Å². The van der Waals surface area contributed by atoms with Crippen LogP contribution >= 0.6 is 0 Å². The van der Waals surface area contributed by atoms with Crippen molar-refractivity contribution in [1.29, 1.82) is 0 Å². The minimum absolute atomic E-state index is 0.0489. The van der Waals surface area contributed by atoms with Crippen molar-refractivity contribution in [2.24, 2.45) is 5.92 Å². The maximum atomic E-state index is 13.7. The Labute approximate surface area is 244 Å². The number of anilines is 1. The minimum atomic E-state index is -4.15. The first-order valence-electron chi connectivity index (χ1n) is 13.4. The lowest BCUT2D eigenvalue weighted by Crippen LogP contribution is -2.49. The highest BCUT2D eigenvalue weighted by molar-refractivity contribution is 7.92. The van der Waals surface area contributed by atoms with E-state index in [9.17, 15) is 32.6 Å². The molecule has 4 rings (SSSR count). The molecule has 224 valence electrons. The number of amides is 1. The highest BCUT2D eigenvalue weighted by Crippen LogP contribution is 2.36. The van der Waals surface area contributed by atoms with E-state index in [0.717, 1.165) is 29.8 Å². The third kappa shape index (κ3) is 7.07. The van der Waals surface area contributed by atoms with Gasteiger partial charge in [-0.05, 0) is 68.1 Å². The minimum Gasteiger partial charge on any atom is -0.486 e. The standard InChI is InChI=1S/C30H34FN3O7S/c1-19-15-34(20(2)18-35)29(36)25-5-4-6-26(32-42(39,40)24-13-11-23(31)12-14-24)28(25)41-27(19)17-33(3)16-21-7-9-22(10-8-21)30(37)38/h4-14,19-20,27,32,35H,15-18H2,1-3H3,(H,37,38)/t19-,20-,27-/m0/s1. The van der Waals surface area contributed by atoms with E-state index in [2.05, 4.69) is 4.72 Å². The highest BCUT2D eigenvalue weighted by atomic mass is 32.2. The third-order valence-electron chi connectivity index (χ3n) is 7.20. The van der Waals surface area contributed by atoms with Gasteiger partial charge in [0.05, 0.1) is 34.4 Å². The molecule has 0 unspecified atom stereocenters. The average molecular weight is 600 g/mol. The van der Waals surface area contributed by atoms with E-state index in [1.165, 1.54) is 24.3 Å². The molecule has 0 spiro atoms. The molecule has 0 aliphatic carbocycles. The maximum absolute atomic E-state index is 13.7. The topological polar surface area (TPSA) is 136 Å². The van der Waals surface area contributed by atoms with Gasteiger partial charge in [-0.1, -0.05) is 25.1 Å². The van der Waals surface area contributed by atoms with Crippen molar-refractivity contribution in [3.8, 4) is 5.75 Å². The number of nitrogens with one attached hydrogen (secondary N) is 1. The first-order chi connectivity index (χ1) is 19.9. The van der Waals surface area contributed by atoms with Gasteiger partial charge in [-0.3, -0.25) is 14.4 Å². The van der Waals surface area contributed by atoms with Crippen LogP contribution in [0.3, 0.4) is 0 Å². The maximum Gasteiger partial charge on any atom is 0.335 e. The zero-order valence-corrected chi connectivity index (χ0v) is 24.3. The van der Waals surface area contributed by atoms with Gasteiger partial charge >= 0.3 is 5.97 Å². The third-order valence-corrected chi connectivity index (χ3v) is 8.59. The van der Waals surface area contributed by atoms with Gasteiger partial charge in [0.2, 0.25) is 0 Å². The van der Waals surface area contributed by atoms with Crippen molar-refractivity contribution in [2.45, 2.75) is 37.4 Å². The number of hydrogen-bond donors (Lipinski definition) is 3. The number of ether oxygens (including phenoxy) is 1. The van der Waals surface area contributed by atoms with Gasteiger partial charge in [0, 0.05) is 25.6 Å². The summed E-state index contributed by atoms with van der Waals surface area (Å²) in [7, 11) is -2.28. The Morgan fingerprint density at radius 3 is 2.43 bits per heavy atom. The summed E-state index contributed by atoms with van der Waals surface area (Å²) in [5.74, 6) is -2.17. The molecule has 1 amide bonds. The number of fused-ring (bicyclic) bond motifs is 1. The number of carboxylic acid groups (broad SMARTS) is 1. The second-order valence-electron chi connectivity index (χ2n) is 10.6. The molecule has 0 saturated carbocycles. The van der Waals surface area contributed by atoms with Crippen LogP contribution in [0.4, 0.5) is 10.1 Å². The number of halogens is 1. The molecule has 3 aromatic rings. The summed E-state index contributed by atoms with van der Waals surface area (Å²) < 4.78 is 48.8. The molecule has 0 aromatic heterocycles. The average Bonchev–Trinajstić information content (AvgIpc) is 2.95. The molecule has 3 atom stereocenters. The van der Waals surface area contributed by atoms with Gasteiger partial charge in [-0.2, -0.15) is 0 Å². The second kappa shape index (κ2) is 12.9. The number of carbonyl (C=O) groups excluding carboxylic acids is 1. The van der Waals surface area contributed by atoms with Gasteiger partial charge in [0.1, 0.15) is 11.9 Å². The molecule has 1 heterocycles. The molecule has 0 saturated heterocycles. The first kappa shape index (κ1) is 30.9. The van der Waals surface area contributed by atoms with Crippen molar-refractivity contribution in [2.75, 3.05) is 31.5 Å². The van der Waals surface area contributed by atoms with Gasteiger partial charge in [-0.15, -0.1) is 0 Å². The van der Waals surface area contributed by atoms with E-state index < -0.39 is 39.9 Å². The largest absolute Gasteiger partial charge is 0.486 e. The molecular formula is C30H34FN3O7S. The van der Waals surface area contributed by atoms with Gasteiger partial charge in [0.15, 0.2) is 5.75 Å². The molecule has 42 heavy (non-hydrogen) atoms. The number of benzene rings is 3. The van der Waals surface area contributed by atoms with Crippen molar-refractivity contribution in [3.63, 3.8) is 0 Å². The van der Waals surface area contributed by atoms with Crippen molar-refractivity contribution in [3.05, 3.63) is 89.2 Å². The molecule has 12 heteroatoms. The molecule has 0 radical (unpaired) electrons. The predicted octanol–water partition coefficient (Wildman–Crippen LogP) is 3.68. The highest BCUT2D eigenvalue weighted by Gasteiger charge is 2.35. The van der Waals surface area contributed by atoms with Crippen LogP contribution in [0.1, 0.15) is 40.1 Å². The van der Waals surface area contributed by atoms with Crippen LogP contribution in [0, 0.1) is 11.7 Å². The second-order valence-corrected chi connectivity index (χ2v) is 12.2. The van der Waals surface area contributed by atoms with E-state index in [1.807, 2.05) is 18.9 Å². The van der Waals surface area contributed by atoms with E-state index in [-0.39, 0.29) is 46.5 Å². The summed E-state index contributed by atoms with van der Waals surface area (Å²) in [6.45, 7) is 4.54. The number of carbonyl (C=O) groups is 2. The van der Waals surface area contributed by atoms with Crippen LogP contribution in [0.2, 0.25) is 0 Å². The number of aromatic carboxylic acids is 1. The van der Waals surface area contributed by atoms with E-state index in [4.69, 9.17) is 4.74 Å². The van der Waals surface area contributed by atoms with Crippen LogP contribution in [0.25, 0.3) is 0 Å². The number of aliphatic hydroxyl groups is 1. The molecule has 10 nitrogen and oxygen atoms in total. The van der Waals surface area contributed by atoms with Crippen LogP contribution in [-0.2, 0) is 16.6 Å². The Morgan fingerprint density at radius 2 is 1.81 bits per heavy atom. The zero-order valence-electron chi connectivity index (χ0n) is 23.5. The predicted molar refractivity (Wildman–Crippen MR) is 155 cm³/mol. The van der Waals surface area contributed by atoms with Gasteiger partial charge in [-0.25, -0.2) is 17.6 Å². The summed E-state index contributed by atoms with van der Waals surface area (Å²) in [5.41, 5.74) is 1.26. The fraction of sp³-hybridized carbons (Fsp3) is 0.333. The number of nitrogens with zero attached hydrogens (tertiary/aromatic N) is 2. The summed E-state index contributed by atoms with van der Waals surface area (Å²) in [6, 6.07) is 15.0. The van der Waals surface area contributed by atoms with Crippen molar-refractivity contribution < 1.29 is 37.3 Å². The number of para-hydroxylation sites is 1. The Kier molecular flexibility index (Phi) is 9.50. The summed E-state index contributed by atoms with van der Waals surface area (Å²) in [4.78, 5) is 28.3. The lowest BCUT2D eigenvalue weighted by Gasteiger charge is -2.38. The number of likely N-dealkylation sites (N-methyl/N-ethyl adjacent to an activating group) is 1. The van der Waals surface area contributed by atoms with Crippen LogP contribution in [0.15, 0.2) is 71.6 Å². The Morgan fingerprint density at radius 1 is 1.14 bits per heavy atom. The van der Waals surface area contributed by atoms with Crippen molar-refractivity contribution >= 4 is 27.6 Å². The normalized spacial score (nSPS) is 18.0. The Bertz CT molecular complexity index is 1530. The number of rotatable bonds is 10. The number of sulfonamides is 1. The first-order valence-corrected chi connectivity index (χ1v) is 14.9. The van der Waals surface area contributed by atoms with Gasteiger partial charge < -0.3 is 19.8 Å². The fourth-order valence-corrected chi connectivity index (χ4v) is 5.86. The Hall–Kier alpha value is -4.00. The SMILES string of the molecule is C[C@H]1CN([C@@H](C)CO)C(=O)c2cccc(NS(=O)(=O)c3ccc(F)cc3)c2O[C@H]1CN(C)Cc1ccc(C(=O)O)cc1. The van der Waals surface area contributed by atoms with Crippen LogP contribution in [0.5, 0.6) is 5.75 Å². The van der Waals surface area contributed by atoms with Crippen LogP contribution in [-0.4, -0.2) is 79.2 Å². The molecular weight excluding hydrogens is 565 g/mol. The lowest BCUT2D eigenvalue weighted by molar-refractivity contribution is 0.0343. The number of aliphatic hydroxyl groups excluding tert-OH is 1. The number of hydrogen-bond acceptors (Lipinski definition) is 7. The molecule has 3 aromatic carbocycles. The molecule has 1 aliphatic rings. The molecule has 3 N–H and O–H groups in total. The summed E-state index contributed by atoms with van der Waals surface area (Å²) >= 11 is 0. The molecule has 0 fully saturated rings. The summed E-state index contributed by atoms with van der Waals surface area (Å²) in [6.07, 6.45) is -0.509. The molecule has 1 aliphatic heterocycles. The zero-order chi connectivity index (χ0) is 30.6.